The zero-order valence-corrected chi connectivity index (χ0v) is 11.1. The van der Waals surface area contributed by atoms with Crippen molar-refractivity contribution in [1.29, 1.82) is 5.26 Å². The summed E-state index contributed by atoms with van der Waals surface area (Å²) in [6.45, 7) is 7.87. The van der Waals surface area contributed by atoms with E-state index in [-0.39, 0.29) is 5.91 Å². The average Bonchev–Trinajstić information content (AvgIpc) is 2.23. The van der Waals surface area contributed by atoms with Crippen molar-refractivity contribution in [2.24, 2.45) is 5.92 Å². The van der Waals surface area contributed by atoms with Gasteiger partial charge in [-0.2, -0.15) is 17.0 Å². The van der Waals surface area contributed by atoms with Crippen LogP contribution in [-0.4, -0.2) is 34.4 Å². The maximum absolute atomic E-state index is 12.1. The molecule has 3 atom stereocenters. The Morgan fingerprint density at radius 3 is 2.50 bits per heavy atom. The second kappa shape index (κ2) is 6.15. The lowest BCUT2D eigenvalue weighted by Gasteiger charge is -2.35. The normalized spacial score (nSPS) is 27.2. The number of thioether (sulfide) groups is 1. The monoisotopic (exact) mass is 240 g/mol. The lowest BCUT2D eigenvalue weighted by Crippen LogP contribution is -2.46. The molecule has 0 bridgehead atoms. The fourth-order valence-electron chi connectivity index (χ4n) is 2.11. The summed E-state index contributed by atoms with van der Waals surface area (Å²) in [5.74, 6) is -0.407. The van der Waals surface area contributed by atoms with Crippen LogP contribution in [0.5, 0.6) is 0 Å². The van der Waals surface area contributed by atoms with Gasteiger partial charge in [0, 0.05) is 23.6 Å². The van der Waals surface area contributed by atoms with E-state index in [0.717, 1.165) is 19.5 Å². The third-order valence-corrected chi connectivity index (χ3v) is 3.99. The molecular formula is C12H20N2OS. The highest BCUT2D eigenvalue weighted by Crippen LogP contribution is 2.26. The van der Waals surface area contributed by atoms with Crippen LogP contribution in [-0.2, 0) is 4.79 Å². The summed E-state index contributed by atoms with van der Waals surface area (Å²) in [7, 11) is 0. The summed E-state index contributed by atoms with van der Waals surface area (Å²) in [5.41, 5.74) is 0. The van der Waals surface area contributed by atoms with E-state index in [1.807, 2.05) is 23.6 Å². The number of nitriles is 1. The van der Waals surface area contributed by atoms with Crippen LogP contribution in [0.25, 0.3) is 0 Å². The predicted molar refractivity (Wildman–Crippen MR) is 67.1 cm³/mol. The van der Waals surface area contributed by atoms with Crippen LogP contribution >= 0.6 is 11.8 Å². The van der Waals surface area contributed by atoms with Crippen molar-refractivity contribution in [2.45, 2.75) is 44.1 Å². The first kappa shape index (κ1) is 13.4. The molecule has 4 heteroatoms. The van der Waals surface area contributed by atoms with Crippen molar-refractivity contribution in [3.05, 3.63) is 0 Å². The van der Waals surface area contributed by atoms with Gasteiger partial charge in [-0.15, -0.1) is 0 Å². The van der Waals surface area contributed by atoms with Gasteiger partial charge in [-0.25, -0.2) is 0 Å². The highest BCUT2D eigenvalue weighted by molar-refractivity contribution is 8.00. The molecule has 0 aliphatic carbocycles. The third-order valence-electron chi connectivity index (χ3n) is 2.76. The Kier molecular flexibility index (Phi) is 5.14. The third kappa shape index (κ3) is 3.41. The molecule has 1 rings (SSSR count). The van der Waals surface area contributed by atoms with Crippen molar-refractivity contribution in [1.82, 2.24) is 4.90 Å². The molecule has 1 heterocycles. The molecule has 0 spiro atoms. The minimum atomic E-state index is -0.438. The van der Waals surface area contributed by atoms with E-state index in [1.165, 1.54) is 0 Å². The summed E-state index contributed by atoms with van der Waals surface area (Å²) < 4.78 is 0. The van der Waals surface area contributed by atoms with Gasteiger partial charge in [0.2, 0.25) is 5.91 Å². The maximum atomic E-state index is 12.1. The summed E-state index contributed by atoms with van der Waals surface area (Å²) in [4.78, 5) is 14.0. The van der Waals surface area contributed by atoms with Crippen molar-refractivity contribution >= 4 is 17.7 Å². The first-order chi connectivity index (χ1) is 7.58. The predicted octanol–water partition coefficient (Wildman–Crippen LogP) is 2.28. The van der Waals surface area contributed by atoms with E-state index >= 15 is 0 Å². The number of carbonyl (C=O) groups is 1. The van der Waals surface area contributed by atoms with Gasteiger partial charge in [-0.1, -0.05) is 27.2 Å². The van der Waals surface area contributed by atoms with E-state index in [1.54, 1.807) is 0 Å². The van der Waals surface area contributed by atoms with Gasteiger partial charge >= 0.3 is 0 Å². The second-order valence-corrected chi connectivity index (χ2v) is 6.35. The SMILES string of the molecule is CCCC(C#N)C(=O)N1CC(C)SC(C)C1. The Labute approximate surface area is 102 Å². The molecule has 3 nitrogen and oxygen atoms in total. The Balaban J connectivity index is 2.62. The molecule has 1 saturated heterocycles. The molecule has 0 N–H and O–H groups in total. The van der Waals surface area contributed by atoms with E-state index < -0.39 is 5.92 Å². The van der Waals surface area contributed by atoms with E-state index in [2.05, 4.69) is 19.9 Å². The average molecular weight is 240 g/mol. The van der Waals surface area contributed by atoms with Crippen molar-refractivity contribution in [3.8, 4) is 6.07 Å². The zero-order valence-electron chi connectivity index (χ0n) is 10.3. The molecule has 0 aromatic heterocycles. The molecule has 0 aromatic carbocycles. The van der Waals surface area contributed by atoms with Gasteiger partial charge in [0.15, 0.2) is 0 Å². The van der Waals surface area contributed by atoms with Crippen LogP contribution in [0.1, 0.15) is 33.6 Å². The maximum Gasteiger partial charge on any atom is 0.239 e. The first-order valence-electron chi connectivity index (χ1n) is 5.92. The van der Waals surface area contributed by atoms with Crippen molar-refractivity contribution in [3.63, 3.8) is 0 Å². The topological polar surface area (TPSA) is 44.1 Å². The molecule has 1 amide bonds. The second-order valence-electron chi connectivity index (χ2n) is 4.47. The van der Waals surface area contributed by atoms with Crippen LogP contribution in [0.4, 0.5) is 0 Å². The molecule has 0 saturated carbocycles. The van der Waals surface area contributed by atoms with E-state index in [9.17, 15) is 4.79 Å². The summed E-state index contributed by atoms with van der Waals surface area (Å²) in [6.07, 6.45) is 1.57. The largest absolute Gasteiger partial charge is 0.339 e. The molecule has 0 radical (unpaired) electrons. The lowest BCUT2D eigenvalue weighted by molar-refractivity contribution is -0.134. The Bertz CT molecular complexity index is 277. The van der Waals surface area contributed by atoms with Crippen molar-refractivity contribution < 1.29 is 4.79 Å². The number of hydrogen-bond donors (Lipinski definition) is 0. The van der Waals surface area contributed by atoms with Gasteiger partial charge in [0.05, 0.1) is 6.07 Å². The molecular weight excluding hydrogens is 220 g/mol. The lowest BCUT2D eigenvalue weighted by atomic mass is 10.0. The van der Waals surface area contributed by atoms with E-state index in [0.29, 0.717) is 16.9 Å². The highest BCUT2D eigenvalue weighted by atomic mass is 32.2. The van der Waals surface area contributed by atoms with Crippen LogP contribution in [0.2, 0.25) is 0 Å². The van der Waals surface area contributed by atoms with Gasteiger partial charge in [0.25, 0.3) is 0 Å². The summed E-state index contributed by atoms with van der Waals surface area (Å²) in [5, 5.41) is 9.95. The zero-order chi connectivity index (χ0) is 12.1. The number of hydrogen-bond acceptors (Lipinski definition) is 3. The van der Waals surface area contributed by atoms with Crippen LogP contribution in [0.3, 0.4) is 0 Å². The fraction of sp³-hybridized carbons (Fsp3) is 0.833. The van der Waals surface area contributed by atoms with Gasteiger partial charge in [0.1, 0.15) is 5.92 Å². The summed E-state index contributed by atoms with van der Waals surface area (Å²) in [6, 6.07) is 2.13. The summed E-state index contributed by atoms with van der Waals surface area (Å²) >= 11 is 1.92. The molecule has 3 unspecified atom stereocenters. The highest BCUT2D eigenvalue weighted by Gasteiger charge is 2.29. The number of amides is 1. The molecule has 90 valence electrons. The Morgan fingerprint density at radius 2 is 2.06 bits per heavy atom. The quantitative estimate of drug-likeness (QED) is 0.760. The number of carbonyl (C=O) groups excluding carboxylic acids is 1. The first-order valence-corrected chi connectivity index (χ1v) is 6.86. The molecule has 1 aliphatic rings. The van der Waals surface area contributed by atoms with Crippen molar-refractivity contribution in [2.75, 3.05) is 13.1 Å². The Morgan fingerprint density at radius 1 is 1.50 bits per heavy atom. The molecule has 0 aromatic rings. The smallest absolute Gasteiger partial charge is 0.239 e. The molecule has 16 heavy (non-hydrogen) atoms. The van der Waals surface area contributed by atoms with Gasteiger partial charge in [-0.05, 0) is 6.42 Å². The minimum Gasteiger partial charge on any atom is -0.339 e. The molecule has 1 fully saturated rings. The number of rotatable bonds is 3. The molecule has 1 aliphatic heterocycles. The van der Waals surface area contributed by atoms with Crippen LogP contribution in [0, 0.1) is 17.2 Å². The van der Waals surface area contributed by atoms with Gasteiger partial charge in [-0.3, -0.25) is 4.79 Å². The standard InChI is InChI=1S/C12H20N2OS/c1-4-5-11(6-13)12(15)14-7-9(2)16-10(3)8-14/h9-11H,4-5,7-8H2,1-3H3. The van der Waals surface area contributed by atoms with E-state index in [4.69, 9.17) is 5.26 Å². The van der Waals surface area contributed by atoms with Gasteiger partial charge < -0.3 is 4.90 Å². The fourth-order valence-corrected chi connectivity index (χ4v) is 3.44. The minimum absolute atomic E-state index is 0.0309. The van der Waals surface area contributed by atoms with Crippen LogP contribution < -0.4 is 0 Å². The van der Waals surface area contributed by atoms with Crippen LogP contribution in [0.15, 0.2) is 0 Å². The Hall–Kier alpha value is -0.690. The number of nitrogens with zero attached hydrogens (tertiary/aromatic N) is 2.